The minimum absolute atomic E-state index is 0.332. The number of ether oxygens (including phenoxy) is 1. The van der Waals surface area contributed by atoms with Gasteiger partial charge in [0.2, 0.25) is 10.8 Å². The molecule has 166 valence electrons. The normalized spacial score (nSPS) is 19.9. The maximum absolute atomic E-state index is 12.5. The van der Waals surface area contributed by atoms with E-state index in [-0.39, 0.29) is 0 Å². The molecule has 0 saturated heterocycles. The van der Waals surface area contributed by atoms with Crippen LogP contribution < -0.4 is 0 Å². The van der Waals surface area contributed by atoms with Crippen molar-refractivity contribution in [2.24, 2.45) is 10.8 Å². The first-order chi connectivity index (χ1) is 14.1. The molecule has 0 aromatic rings. The van der Waals surface area contributed by atoms with Crippen molar-refractivity contribution in [1.82, 2.24) is 0 Å². The molecule has 0 saturated carbocycles. The quantitative estimate of drug-likeness (QED) is 0.148. The number of carboxylic acids is 7. The summed E-state index contributed by atoms with van der Waals surface area (Å²) in [7, 11) is 0.332. The second kappa shape index (κ2) is 7.58. The lowest BCUT2D eigenvalue weighted by Crippen LogP contribution is -2.67. The molecule has 31 heavy (non-hydrogen) atoms. The van der Waals surface area contributed by atoms with Gasteiger partial charge in [-0.25, -0.2) is 19.2 Å². The van der Waals surface area contributed by atoms with Crippen LogP contribution in [0.3, 0.4) is 0 Å². The summed E-state index contributed by atoms with van der Waals surface area (Å²) in [6.45, 7) is 0. The van der Waals surface area contributed by atoms with Gasteiger partial charge in [-0.05, 0) is 0 Å². The minimum atomic E-state index is -4.70. The Morgan fingerprint density at radius 3 is 1.03 bits per heavy atom. The van der Waals surface area contributed by atoms with Crippen molar-refractivity contribution in [2.45, 2.75) is 0 Å². The number of carboxylic acid groups (broad SMARTS) is 7. The molecule has 0 heterocycles. The van der Waals surface area contributed by atoms with Gasteiger partial charge in [0.15, 0.2) is 0 Å². The molecule has 7 N–H and O–H groups in total. The predicted molar refractivity (Wildman–Crippen MR) is 84.4 cm³/mol. The first-order valence-corrected chi connectivity index (χ1v) is 7.31. The summed E-state index contributed by atoms with van der Waals surface area (Å²) in [6, 6.07) is 0. The van der Waals surface area contributed by atoms with Gasteiger partial charge in [0.05, 0.1) is 29.4 Å². The zero-order valence-electron chi connectivity index (χ0n) is 14.8. The number of rotatable bonds is 8. The number of carbonyl (C=O) groups is 8. The second-order valence-electron chi connectivity index (χ2n) is 5.63. The van der Waals surface area contributed by atoms with Gasteiger partial charge < -0.3 is 40.5 Å². The molecule has 16 nitrogen and oxygen atoms in total. The Hall–Kier alpha value is -4.76. The Kier molecular flexibility index (Phi) is 5.93. The highest BCUT2D eigenvalue weighted by Crippen LogP contribution is 2.58. The maximum Gasteiger partial charge on any atom is 0.337 e. The summed E-state index contributed by atoms with van der Waals surface area (Å²) in [5, 5.41) is 66.5. The van der Waals surface area contributed by atoms with Gasteiger partial charge in [0.1, 0.15) is 0 Å². The van der Waals surface area contributed by atoms with Crippen molar-refractivity contribution < 1.29 is 78.8 Å². The molecule has 0 bridgehead atoms. The average Bonchev–Trinajstić information content (AvgIpc) is 2.62. The third-order valence-electron chi connectivity index (χ3n) is 4.37. The largest absolute Gasteiger partial charge is 0.480 e. The standard InChI is InChI=1S/C15H10O16/c1-31-13(30)15(12(28)29)5(9(22)23)3(7(18)19)2(6(16)17)4(8(20)21)14(15,10(24)25)11(26)27/h1H3,(H,16,17)(H,18,19)(H,20,21)(H,22,23)(H,24,25)(H,26,27)(H,28,29). The van der Waals surface area contributed by atoms with Crippen LogP contribution in [-0.2, 0) is 43.1 Å². The number of methoxy groups -OCH3 is 1. The van der Waals surface area contributed by atoms with Gasteiger partial charge in [-0.1, -0.05) is 0 Å². The summed E-state index contributed by atoms with van der Waals surface area (Å²) >= 11 is 0. The molecule has 1 atom stereocenters. The molecule has 0 aromatic heterocycles. The van der Waals surface area contributed by atoms with Crippen LogP contribution in [0.5, 0.6) is 0 Å². The van der Waals surface area contributed by atoms with Gasteiger partial charge in [-0.2, -0.15) is 0 Å². The molecule has 0 spiro atoms. The molecule has 1 aliphatic carbocycles. The lowest BCUT2D eigenvalue weighted by Gasteiger charge is -2.43. The molecule has 1 aliphatic rings. The number of hydrogen-bond acceptors (Lipinski definition) is 9. The van der Waals surface area contributed by atoms with E-state index >= 15 is 0 Å². The number of hydrogen-bond donors (Lipinski definition) is 7. The fourth-order valence-electron chi connectivity index (χ4n) is 3.35. The van der Waals surface area contributed by atoms with Gasteiger partial charge in [-0.15, -0.1) is 0 Å². The first kappa shape index (κ1) is 24.3. The van der Waals surface area contributed by atoms with Crippen LogP contribution in [0.1, 0.15) is 0 Å². The Morgan fingerprint density at radius 2 is 0.839 bits per heavy atom. The van der Waals surface area contributed by atoms with Crippen LogP contribution in [0, 0.1) is 10.8 Å². The molecule has 0 radical (unpaired) electrons. The highest BCUT2D eigenvalue weighted by molar-refractivity contribution is 6.30. The lowest BCUT2D eigenvalue weighted by molar-refractivity contribution is -0.191. The summed E-state index contributed by atoms with van der Waals surface area (Å²) < 4.78 is 4.04. The van der Waals surface area contributed by atoms with Crippen LogP contribution >= 0.6 is 0 Å². The summed E-state index contributed by atoms with van der Waals surface area (Å²) in [4.78, 5) is 95.8. The van der Waals surface area contributed by atoms with E-state index in [0.717, 1.165) is 0 Å². The van der Waals surface area contributed by atoms with Crippen LogP contribution in [0.2, 0.25) is 0 Å². The molecule has 1 rings (SSSR count). The number of aliphatic carboxylic acids is 7. The monoisotopic (exact) mass is 446 g/mol. The van der Waals surface area contributed by atoms with E-state index in [1.165, 1.54) is 0 Å². The van der Waals surface area contributed by atoms with E-state index in [2.05, 4.69) is 4.74 Å². The van der Waals surface area contributed by atoms with Gasteiger partial charge in [0.25, 0.3) is 0 Å². The zero-order chi connectivity index (χ0) is 24.6. The highest BCUT2D eigenvalue weighted by Gasteiger charge is 2.81. The SMILES string of the molecule is COC(=O)C1(C(=O)O)C(C(=O)O)=C(C(=O)O)C(C(=O)O)=C(C(=O)O)C1(C(=O)O)C(=O)O. The third kappa shape index (κ3) is 2.76. The van der Waals surface area contributed by atoms with E-state index in [4.69, 9.17) is 0 Å². The van der Waals surface area contributed by atoms with Gasteiger partial charge in [0, 0.05) is 0 Å². The minimum Gasteiger partial charge on any atom is -0.480 e. The number of esters is 1. The van der Waals surface area contributed by atoms with Crippen LogP contribution in [0.15, 0.2) is 22.3 Å². The molecular formula is C15H10O16. The molecule has 16 heteroatoms. The number of carbonyl (C=O) groups excluding carboxylic acids is 1. The predicted octanol–water partition coefficient (Wildman–Crippen LogP) is -2.67. The van der Waals surface area contributed by atoms with E-state index in [9.17, 15) is 74.1 Å². The Morgan fingerprint density at radius 1 is 0.548 bits per heavy atom. The average molecular weight is 446 g/mol. The van der Waals surface area contributed by atoms with Crippen LogP contribution in [-0.4, -0.2) is 90.6 Å². The van der Waals surface area contributed by atoms with Gasteiger partial charge >= 0.3 is 47.8 Å². The summed E-state index contributed by atoms with van der Waals surface area (Å²) in [6.07, 6.45) is 0. The van der Waals surface area contributed by atoms with Crippen LogP contribution in [0.4, 0.5) is 0 Å². The van der Waals surface area contributed by atoms with Crippen molar-refractivity contribution in [3.63, 3.8) is 0 Å². The molecule has 0 fully saturated rings. The molecule has 0 aliphatic heterocycles. The van der Waals surface area contributed by atoms with E-state index < -0.39 is 80.9 Å². The van der Waals surface area contributed by atoms with Crippen molar-refractivity contribution in [1.29, 1.82) is 0 Å². The molecule has 0 amide bonds. The third-order valence-corrected chi connectivity index (χ3v) is 4.37. The molecule has 1 unspecified atom stereocenters. The van der Waals surface area contributed by atoms with Crippen molar-refractivity contribution in [2.75, 3.05) is 7.11 Å². The Labute approximate surface area is 167 Å². The highest BCUT2D eigenvalue weighted by atomic mass is 16.5. The zero-order valence-corrected chi connectivity index (χ0v) is 14.8. The summed E-state index contributed by atoms with van der Waals surface area (Å²) in [5.41, 5.74) is -18.4. The topological polar surface area (TPSA) is 287 Å². The van der Waals surface area contributed by atoms with Gasteiger partial charge in [-0.3, -0.25) is 19.2 Å². The molecular weight excluding hydrogens is 436 g/mol. The molecule has 0 aromatic carbocycles. The van der Waals surface area contributed by atoms with E-state index in [1.54, 1.807) is 0 Å². The van der Waals surface area contributed by atoms with E-state index in [0.29, 0.717) is 7.11 Å². The lowest BCUT2D eigenvalue weighted by atomic mass is 9.51. The van der Waals surface area contributed by atoms with Crippen LogP contribution in [0.25, 0.3) is 0 Å². The van der Waals surface area contributed by atoms with Crippen molar-refractivity contribution in [3.8, 4) is 0 Å². The smallest absolute Gasteiger partial charge is 0.337 e. The fourth-order valence-corrected chi connectivity index (χ4v) is 3.35. The van der Waals surface area contributed by atoms with E-state index in [1.807, 2.05) is 0 Å². The Bertz CT molecular complexity index is 1030. The van der Waals surface area contributed by atoms with Crippen molar-refractivity contribution >= 4 is 47.8 Å². The van der Waals surface area contributed by atoms with Crippen molar-refractivity contribution in [3.05, 3.63) is 22.3 Å². The fraction of sp³-hybridized carbons (Fsp3) is 0.200. The Balaban J connectivity index is 4.94. The second-order valence-corrected chi connectivity index (χ2v) is 5.63. The first-order valence-electron chi connectivity index (χ1n) is 7.31. The maximum atomic E-state index is 12.5. The summed E-state index contributed by atoms with van der Waals surface area (Å²) in [5.74, 6) is -22.3.